The van der Waals surface area contributed by atoms with Crippen LogP contribution in [0.4, 0.5) is 5.69 Å². The van der Waals surface area contributed by atoms with Crippen molar-refractivity contribution in [1.29, 1.82) is 0 Å². The van der Waals surface area contributed by atoms with Gasteiger partial charge in [0, 0.05) is 12.1 Å². The number of thiazole rings is 1. The van der Waals surface area contributed by atoms with Crippen LogP contribution < -0.4 is 19.6 Å². The molecule has 0 saturated heterocycles. The fourth-order valence-electron chi connectivity index (χ4n) is 4.52. The van der Waals surface area contributed by atoms with E-state index in [-0.39, 0.29) is 17.0 Å². The molecular weight excluding hydrogens is 522 g/mol. The summed E-state index contributed by atoms with van der Waals surface area (Å²) in [6.45, 7) is 1.90. The Labute approximate surface area is 225 Å². The van der Waals surface area contributed by atoms with Gasteiger partial charge in [0.1, 0.15) is 17.3 Å². The average molecular weight is 546 g/mol. The Morgan fingerprint density at radius 1 is 1.18 bits per heavy atom. The van der Waals surface area contributed by atoms with Crippen molar-refractivity contribution >= 4 is 29.1 Å². The van der Waals surface area contributed by atoms with Gasteiger partial charge in [-0.1, -0.05) is 48.6 Å². The van der Waals surface area contributed by atoms with E-state index in [1.54, 1.807) is 24.3 Å². The maximum absolute atomic E-state index is 13.7. The van der Waals surface area contributed by atoms with Gasteiger partial charge in [-0.25, -0.2) is 9.79 Å². The number of benzene rings is 2. The number of hydrogen-bond donors (Lipinski definition) is 0. The van der Waals surface area contributed by atoms with Gasteiger partial charge in [-0.05, 0) is 30.2 Å². The van der Waals surface area contributed by atoms with Crippen molar-refractivity contribution in [2.24, 2.45) is 4.99 Å². The molecule has 11 heteroatoms. The van der Waals surface area contributed by atoms with Crippen LogP contribution in [0.2, 0.25) is 0 Å². The summed E-state index contributed by atoms with van der Waals surface area (Å²) in [4.78, 5) is 42.3. The molecule has 3 heterocycles. The molecule has 0 unspecified atom stereocenters. The Bertz CT molecular complexity index is 1800. The number of aromatic nitrogens is 1. The number of furan rings is 1. The molecule has 10 nitrogen and oxygen atoms in total. The third kappa shape index (κ3) is 4.68. The summed E-state index contributed by atoms with van der Waals surface area (Å²) < 4.78 is 18.3. The highest BCUT2D eigenvalue weighted by Crippen LogP contribution is 2.35. The SMILES string of the molecule is CCC1=C(C(=O)OC)[C@H](c2ccccc2)n2c(s/c(=C\c3ccc(-c4ccc([N+](=O)[O-])cc4OC)o3)c2=O)=N1. The molecule has 2 aromatic carbocycles. The van der Waals surface area contributed by atoms with Crippen LogP contribution in [0.25, 0.3) is 17.4 Å². The van der Waals surface area contributed by atoms with E-state index in [9.17, 15) is 19.7 Å². The smallest absolute Gasteiger partial charge is 0.338 e. The van der Waals surface area contributed by atoms with Gasteiger partial charge < -0.3 is 13.9 Å². The second-order valence-corrected chi connectivity index (χ2v) is 9.55. The maximum Gasteiger partial charge on any atom is 0.338 e. The zero-order chi connectivity index (χ0) is 27.7. The highest BCUT2D eigenvalue weighted by Gasteiger charge is 2.33. The number of rotatable bonds is 7. The maximum atomic E-state index is 13.7. The van der Waals surface area contributed by atoms with E-state index in [0.717, 1.165) is 5.56 Å². The summed E-state index contributed by atoms with van der Waals surface area (Å²) in [5.74, 6) is 0.570. The van der Waals surface area contributed by atoms with Gasteiger partial charge in [-0.2, -0.15) is 0 Å². The average Bonchev–Trinajstić information content (AvgIpc) is 3.55. The van der Waals surface area contributed by atoms with Crippen molar-refractivity contribution < 1.29 is 23.6 Å². The van der Waals surface area contributed by atoms with E-state index < -0.39 is 16.9 Å². The Morgan fingerprint density at radius 3 is 2.62 bits per heavy atom. The van der Waals surface area contributed by atoms with Crippen LogP contribution >= 0.6 is 11.3 Å². The number of ether oxygens (including phenoxy) is 2. The summed E-state index contributed by atoms with van der Waals surface area (Å²) >= 11 is 1.20. The fourth-order valence-corrected chi connectivity index (χ4v) is 5.52. The van der Waals surface area contributed by atoms with Gasteiger partial charge in [-0.15, -0.1) is 0 Å². The normalized spacial score (nSPS) is 15.1. The van der Waals surface area contributed by atoms with E-state index >= 15 is 0 Å². The van der Waals surface area contributed by atoms with E-state index in [1.807, 2.05) is 37.3 Å². The first-order valence-electron chi connectivity index (χ1n) is 12.0. The minimum atomic E-state index is -0.691. The minimum Gasteiger partial charge on any atom is -0.496 e. The second kappa shape index (κ2) is 10.5. The molecule has 0 amide bonds. The predicted octanol–water partition coefficient (Wildman–Crippen LogP) is 3.98. The summed E-state index contributed by atoms with van der Waals surface area (Å²) in [5, 5.41) is 11.1. The first-order chi connectivity index (χ1) is 18.9. The van der Waals surface area contributed by atoms with Gasteiger partial charge in [0.05, 0.1) is 52.6 Å². The molecule has 4 aromatic rings. The third-order valence-corrected chi connectivity index (χ3v) is 7.31. The number of nitro benzene ring substituents is 1. The van der Waals surface area contributed by atoms with Crippen molar-refractivity contribution in [3.05, 3.63) is 113 Å². The lowest BCUT2D eigenvalue weighted by Gasteiger charge is -2.25. The molecule has 0 radical (unpaired) electrons. The zero-order valence-electron chi connectivity index (χ0n) is 21.2. The van der Waals surface area contributed by atoms with Crippen LogP contribution in [-0.2, 0) is 9.53 Å². The van der Waals surface area contributed by atoms with Crippen LogP contribution in [0, 0.1) is 10.1 Å². The zero-order valence-corrected chi connectivity index (χ0v) is 22.1. The number of hydrogen-bond acceptors (Lipinski definition) is 9. The molecule has 1 aliphatic rings. The lowest BCUT2D eigenvalue weighted by atomic mass is 9.95. The summed E-state index contributed by atoms with van der Waals surface area (Å²) in [5.41, 5.74) is 1.76. The van der Waals surface area contributed by atoms with Crippen LogP contribution in [0.15, 0.2) is 86.1 Å². The van der Waals surface area contributed by atoms with Gasteiger partial charge >= 0.3 is 5.97 Å². The Balaban J connectivity index is 1.63. The number of nitrogens with zero attached hydrogens (tertiary/aromatic N) is 3. The Hall–Kier alpha value is -4.77. The molecule has 198 valence electrons. The fraction of sp³-hybridized carbons (Fsp3) is 0.179. The molecule has 5 rings (SSSR count). The molecule has 1 aliphatic heterocycles. The van der Waals surface area contributed by atoms with Gasteiger partial charge in [0.25, 0.3) is 11.2 Å². The highest BCUT2D eigenvalue weighted by molar-refractivity contribution is 7.07. The molecule has 39 heavy (non-hydrogen) atoms. The summed E-state index contributed by atoms with van der Waals surface area (Å²) in [6.07, 6.45) is 2.10. The number of methoxy groups -OCH3 is 2. The topological polar surface area (TPSA) is 126 Å². The highest BCUT2D eigenvalue weighted by atomic mass is 32.1. The van der Waals surface area contributed by atoms with Gasteiger partial charge in [0.2, 0.25) is 0 Å². The Morgan fingerprint density at radius 2 is 1.95 bits per heavy atom. The predicted molar refractivity (Wildman–Crippen MR) is 144 cm³/mol. The molecule has 0 aliphatic carbocycles. The molecular formula is C28H23N3O7S. The molecule has 0 N–H and O–H groups in total. The van der Waals surface area contributed by atoms with Crippen LogP contribution in [0.1, 0.15) is 30.7 Å². The van der Waals surface area contributed by atoms with Gasteiger partial charge in [0.15, 0.2) is 4.80 Å². The standard InChI is InChI=1S/C28H23N3O7S/c1-4-20-24(27(33)37-3)25(16-8-6-5-7-9-16)30-26(32)23(39-28(30)29-20)15-18-11-13-21(38-18)19-12-10-17(31(34)35)14-22(19)36-2/h5-15,25H,4H2,1-3H3/b23-15-/t25-/m0/s1. The molecule has 1 atom stereocenters. The number of esters is 1. The van der Waals surface area contributed by atoms with E-state index in [2.05, 4.69) is 4.99 Å². The molecule has 0 saturated carbocycles. The van der Waals surface area contributed by atoms with Crippen molar-refractivity contribution in [1.82, 2.24) is 4.57 Å². The lowest BCUT2D eigenvalue weighted by Crippen LogP contribution is -2.40. The summed E-state index contributed by atoms with van der Waals surface area (Å²) in [6, 6.07) is 16.2. The number of carbonyl (C=O) groups is 1. The number of nitro groups is 1. The number of carbonyl (C=O) groups excluding carboxylic acids is 1. The van der Waals surface area contributed by atoms with Crippen LogP contribution in [0.5, 0.6) is 5.75 Å². The molecule has 2 aromatic heterocycles. The number of allylic oxidation sites excluding steroid dienone is 1. The van der Waals surface area contributed by atoms with Crippen molar-refractivity contribution in [2.45, 2.75) is 19.4 Å². The van der Waals surface area contributed by atoms with Crippen molar-refractivity contribution in [2.75, 3.05) is 14.2 Å². The third-order valence-electron chi connectivity index (χ3n) is 6.33. The van der Waals surface area contributed by atoms with Gasteiger partial charge in [-0.3, -0.25) is 19.5 Å². The van der Waals surface area contributed by atoms with Crippen LogP contribution in [-0.4, -0.2) is 29.7 Å². The molecule has 0 bridgehead atoms. The quantitative estimate of drug-likeness (QED) is 0.195. The van der Waals surface area contributed by atoms with E-state index in [0.29, 0.717) is 44.1 Å². The lowest BCUT2D eigenvalue weighted by molar-refractivity contribution is -0.384. The largest absolute Gasteiger partial charge is 0.496 e. The van der Waals surface area contributed by atoms with Crippen LogP contribution in [0.3, 0.4) is 0 Å². The first-order valence-corrected chi connectivity index (χ1v) is 12.8. The van der Waals surface area contributed by atoms with Crippen molar-refractivity contribution in [3.63, 3.8) is 0 Å². The molecule has 0 spiro atoms. The summed E-state index contributed by atoms with van der Waals surface area (Å²) in [7, 11) is 2.73. The minimum absolute atomic E-state index is 0.103. The van der Waals surface area contributed by atoms with E-state index in [4.69, 9.17) is 13.9 Å². The number of fused-ring (bicyclic) bond motifs is 1. The molecule has 0 fully saturated rings. The second-order valence-electron chi connectivity index (χ2n) is 8.54. The van der Waals surface area contributed by atoms with E-state index in [1.165, 1.54) is 42.3 Å². The Kier molecular flexibility index (Phi) is 6.99. The monoisotopic (exact) mass is 545 g/mol. The first kappa shape index (κ1) is 25.9. The number of non-ortho nitro benzene ring substituents is 1. The van der Waals surface area contributed by atoms with Crippen molar-refractivity contribution in [3.8, 4) is 17.1 Å².